The summed E-state index contributed by atoms with van der Waals surface area (Å²) < 4.78 is 0. The minimum absolute atomic E-state index is 0.0260. The van der Waals surface area contributed by atoms with Crippen molar-refractivity contribution in [2.45, 2.75) is 24.9 Å². The summed E-state index contributed by atoms with van der Waals surface area (Å²) in [5, 5.41) is 46.2. The maximum atomic E-state index is 13.4. The number of benzene rings is 1. The molecular formula is C23H25N3O8. The van der Waals surface area contributed by atoms with Gasteiger partial charge < -0.3 is 36.4 Å². The largest absolute Gasteiger partial charge is 0.508 e. The molecule has 1 saturated carbocycles. The number of anilines is 1. The number of Topliss-reactive ketones (excluding diaryl/α,β-unsaturated/α-hetero) is 2. The predicted molar refractivity (Wildman–Crippen MR) is 119 cm³/mol. The average molecular weight is 471 g/mol. The molecule has 7 N–H and O–H groups in total. The van der Waals surface area contributed by atoms with Crippen molar-refractivity contribution >= 4 is 34.8 Å². The highest BCUT2D eigenvalue weighted by Gasteiger charge is 2.60. The van der Waals surface area contributed by atoms with E-state index in [0.717, 1.165) is 0 Å². The zero-order chi connectivity index (χ0) is 25.1. The van der Waals surface area contributed by atoms with Gasteiger partial charge in [-0.15, -0.1) is 0 Å². The summed E-state index contributed by atoms with van der Waals surface area (Å²) in [5.41, 5.74) is 1.95. The van der Waals surface area contributed by atoms with Crippen molar-refractivity contribution in [2.24, 2.45) is 17.6 Å². The van der Waals surface area contributed by atoms with Crippen LogP contribution in [0, 0.1) is 11.8 Å². The number of ketones is 2. The molecule has 1 aromatic rings. The molecule has 0 aliphatic heterocycles. The Hall–Kier alpha value is -3.70. The molecule has 1 fully saturated rings. The normalized spacial score (nSPS) is 26.2. The number of nitrogens with zero attached hydrogens (tertiary/aromatic N) is 1. The maximum Gasteiger partial charge on any atom is 0.255 e. The molecule has 2 amide bonds. The molecule has 180 valence electrons. The van der Waals surface area contributed by atoms with E-state index in [1.165, 1.54) is 6.07 Å². The molecule has 0 saturated heterocycles. The van der Waals surface area contributed by atoms with Crippen molar-refractivity contribution in [1.82, 2.24) is 4.90 Å². The summed E-state index contributed by atoms with van der Waals surface area (Å²) in [6, 6.07) is 3.09. The van der Waals surface area contributed by atoms with Crippen LogP contribution in [-0.2, 0) is 25.6 Å². The number of carbonyl (C=O) groups is 4. The summed E-state index contributed by atoms with van der Waals surface area (Å²) in [7, 11) is 3.39. The second-order valence-corrected chi connectivity index (χ2v) is 9.19. The second-order valence-electron chi connectivity index (χ2n) is 9.19. The number of hydrogen-bond donors (Lipinski definition) is 6. The first-order chi connectivity index (χ1) is 15.9. The van der Waals surface area contributed by atoms with E-state index in [1.807, 2.05) is 0 Å². The molecule has 34 heavy (non-hydrogen) atoms. The first-order valence-electron chi connectivity index (χ1n) is 10.6. The van der Waals surface area contributed by atoms with Gasteiger partial charge in [0.05, 0.1) is 17.8 Å². The predicted octanol–water partition coefficient (Wildman–Crippen LogP) is -0.0760. The number of nitrogens with one attached hydrogen (secondary N) is 1. The lowest BCUT2D eigenvalue weighted by Gasteiger charge is -2.46. The lowest BCUT2D eigenvalue weighted by molar-refractivity contribution is -0.147. The molecule has 3 atom stereocenters. The molecule has 0 spiro atoms. The number of primary amides is 1. The summed E-state index contributed by atoms with van der Waals surface area (Å²) in [6.07, 6.45) is -0.108. The van der Waals surface area contributed by atoms with Gasteiger partial charge in [0.15, 0.2) is 11.4 Å². The average Bonchev–Trinajstić information content (AvgIpc) is 2.72. The Labute approximate surface area is 194 Å². The van der Waals surface area contributed by atoms with E-state index >= 15 is 0 Å². The molecule has 0 unspecified atom stereocenters. The Balaban J connectivity index is 1.81. The smallest absolute Gasteiger partial charge is 0.255 e. The fourth-order valence-electron chi connectivity index (χ4n) is 5.17. The highest BCUT2D eigenvalue weighted by molar-refractivity contribution is 6.22. The lowest BCUT2D eigenvalue weighted by Crippen LogP contribution is -2.58. The highest BCUT2D eigenvalue weighted by atomic mass is 16.3. The van der Waals surface area contributed by atoms with Crippen LogP contribution >= 0.6 is 0 Å². The number of aliphatic hydroxyl groups is 3. The molecule has 0 bridgehead atoms. The van der Waals surface area contributed by atoms with Gasteiger partial charge in [-0.25, -0.2) is 0 Å². The Kier molecular flexibility index (Phi) is 5.49. The number of phenolic OH excluding ortho intramolecular Hbond substituents is 1. The minimum atomic E-state index is -2.61. The highest BCUT2D eigenvalue weighted by Crippen LogP contribution is 2.52. The van der Waals surface area contributed by atoms with Gasteiger partial charge in [-0.1, -0.05) is 6.07 Å². The standard InChI is InChI=1S/C23H25N3O8/c1-26(2)8-14(28)25-12-4-3-9-5-10-6-11-7-13(27)17(22(24)33)21(32)23(11,34)20(31)16(10)19(30)15(9)18(12)29/h3-4,10-11,29-30,32,34H,5-8H2,1-2H3,(H2,24,33)(H,25,28)/t10-,11-,23-/m0/s1. The van der Waals surface area contributed by atoms with E-state index in [9.17, 15) is 39.6 Å². The lowest BCUT2D eigenvalue weighted by atomic mass is 9.59. The van der Waals surface area contributed by atoms with E-state index < -0.39 is 63.7 Å². The van der Waals surface area contributed by atoms with Crippen LogP contribution in [0.5, 0.6) is 5.75 Å². The number of fused-ring (bicyclic) bond motifs is 3. The van der Waals surface area contributed by atoms with Gasteiger partial charge in [-0.05, 0) is 44.5 Å². The van der Waals surface area contributed by atoms with Crippen molar-refractivity contribution in [2.75, 3.05) is 26.0 Å². The van der Waals surface area contributed by atoms with E-state index in [2.05, 4.69) is 5.32 Å². The third-order valence-corrected chi connectivity index (χ3v) is 6.67. The number of phenols is 1. The molecule has 11 heteroatoms. The molecule has 4 rings (SSSR count). The van der Waals surface area contributed by atoms with E-state index in [1.54, 1.807) is 25.1 Å². The molecule has 3 aliphatic carbocycles. The van der Waals surface area contributed by atoms with Crippen LogP contribution in [0.2, 0.25) is 0 Å². The fraction of sp³-hybridized carbons (Fsp3) is 0.391. The number of amides is 2. The van der Waals surface area contributed by atoms with E-state index in [-0.39, 0.29) is 42.6 Å². The second kappa shape index (κ2) is 7.96. The Morgan fingerprint density at radius 1 is 1.18 bits per heavy atom. The Bertz CT molecular complexity index is 1210. The van der Waals surface area contributed by atoms with Gasteiger partial charge >= 0.3 is 0 Å². The van der Waals surface area contributed by atoms with Crippen molar-refractivity contribution in [1.29, 1.82) is 0 Å². The minimum Gasteiger partial charge on any atom is -0.508 e. The fourth-order valence-corrected chi connectivity index (χ4v) is 5.17. The van der Waals surface area contributed by atoms with Gasteiger partial charge in [0.1, 0.15) is 22.8 Å². The number of aliphatic hydroxyl groups excluding tert-OH is 2. The molecular weight excluding hydrogens is 446 g/mol. The zero-order valence-corrected chi connectivity index (χ0v) is 18.6. The molecule has 0 heterocycles. The molecule has 0 aromatic heterocycles. The topological polar surface area (TPSA) is 190 Å². The van der Waals surface area contributed by atoms with Gasteiger partial charge in [0.2, 0.25) is 11.7 Å². The van der Waals surface area contributed by atoms with Crippen LogP contribution in [-0.4, -0.2) is 74.9 Å². The van der Waals surface area contributed by atoms with Gasteiger partial charge in [-0.3, -0.25) is 19.2 Å². The third-order valence-electron chi connectivity index (χ3n) is 6.67. The molecule has 0 radical (unpaired) electrons. The summed E-state index contributed by atoms with van der Waals surface area (Å²) in [5.74, 6) is -7.31. The van der Waals surface area contributed by atoms with Gasteiger partial charge in [-0.2, -0.15) is 0 Å². The first-order valence-corrected chi connectivity index (χ1v) is 10.6. The SMILES string of the molecule is CN(C)CC(=O)Nc1ccc2c(c1O)C(O)=C1C(=O)[C@]3(O)C(O)=C(C(N)=O)C(=O)C[C@@H]3C[C@@H]1C2. The Morgan fingerprint density at radius 2 is 1.85 bits per heavy atom. The van der Waals surface area contributed by atoms with Crippen LogP contribution in [0.1, 0.15) is 24.0 Å². The first kappa shape index (κ1) is 23.5. The van der Waals surface area contributed by atoms with Crippen LogP contribution in [0.4, 0.5) is 5.69 Å². The Morgan fingerprint density at radius 3 is 2.47 bits per heavy atom. The number of nitrogens with two attached hydrogens (primary N) is 1. The molecule has 1 aromatic carbocycles. The number of hydrogen-bond acceptors (Lipinski definition) is 9. The zero-order valence-electron chi connectivity index (χ0n) is 18.6. The summed E-state index contributed by atoms with van der Waals surface area (Å²) >= 11 is 0. The van der Waals surface area contributed by atoms with Crippen LogP contribution in [0.25, 0.3) is 5.76 Å². The van der Waals surface area contributed by atoms with Gasteiger partial charge in [0.25, 0.3) is 5.91 Å². The third kappa shape index (κ3) is 3.35. The quantitative estimate of drug-likeness (QED) is 0.258. The van der Waals surface area contributed by atoms with Gasteiger partial charge in [0, 0.05) is 17.9 Å². The van der Waals surface area contributed by atoms with Crippen molar-refractivity contribution in [3.8, 4) is 5.75 Å². The number of carbonyl (C=O) groups excluding carboxylic acids is 4. The van der Waals surface area contributed by atoms with Crippen LogP contribution in [0.15, 0.2) is 29.0 Å². The van der Waals surface area contributed by atoms with Crippen LogP contribution in [0.3, 0.4) is 0 Å². The van der Waals surface area contributed by atoms with E-state index in [4.69, 9.17) is 5.73 Å². The van der Waals surface area contributed by atoms with E-state index in [0.29, 0.717) is 5.56 Å². The molecule has 11 nitrogen and oxygen atoms in total. The van der Waals surface area contributed by atoms with Crippen molar-refractivity contribution in [3.63, 3.8) is 0 Å². The van der Waals surface area contributed by atoms with Crippen LogP contribution < -0.4 is 11.1 Å². The number of rotatable bonds is 4. The number of likely N-dealkylation sites (N-methyl/N-ethyl adjacent to an activating group) is 1. The monoisotopic (exact) mass is 471 g/mol. The summed E-state index contributed by atoms with van der Waals surface area (Å²) in [6.45, 7) is 0.0467. The summed E-state index contributed by atoms with van der Waals surface area (Å²) in [4.78, 5) is 51.2. The maximum absolute atomic E-state index is 13.4. The molecule has 3 aliphatic rings. The van der Waals surface area contributed by atoms with Crippen molar-refractivity contribution < 1.29 is 39.6 Å². The van der Waals surface area contributed by atoms with Crippen molar-refractivity contribution in [3.05, 3.63) is 40.2 Å². The number of aromatic hydroxyl groups is 1.